The van der Waals surface area contributed by atoms with Gasteiger partial charge in [-0.25, -0.2) is 4.98 Å². The van der Waals surface area contributed by atoms with Gasteiger partial charge in [-0.1, -0.05) is 6.08 Å². The number of nitrogens with one attached hydrogen (secondary N) is 2. The van der Waals surface area contributed by atoms with Gasteiger partial charge in [-0.15, -0.1) is 0 Å². The first kappa shape index (κ1) is 18.8. The molecule has 0 atom stereocenters. The number of hydrogen-bond acceptors (Lipinski definition) is 6. The number of nitrogens with zero attached hydrogens (tertiary/aromatic N) is 4. The van der Waals surface area contributed by atoms with Crippen LogP contribution in [0.25, 0.3) is 0 Å². The number of ether oxygens (including phenoxy) is 1. The number of amides is 1. The first-order valence-electron chi connectivity index (χ1n) is 8.39. The predicted molar refractivity (Wildman–Crippen MR) is 94.6 cm³/mol. The quantitative estimate of drug-likeness (QED) is 0.508. The van der Waals surface area contributed by atoms with Gasteiger partial charge in [0.2, 0.25) is 0 Å². The summed E-state index contributed by atoms with van der Waals surface area (Å²) in [5.41, 5.74) is 1.01. The molecule has 25 heavy (non-hydrogen) atoms. The highest BCUT2D eigenvalue weighted by molar-refractivity contribution is 5.96. The Balaban J connectivity index is 1.63. The van der Waals surface area contributed by atoms with Crippen LogP contribution in [0.2, 0.25) is 0 Å². The molecule has 0 spiro atoms. The van der Waals surface area contributed by atoms with E-state index in [-0.39, 0.29) is 17.4 Å². The van der Waals surface area contributed by atoms with E-state index >= 15 is 0 Å². The number of rotatable bonds is 9. The van der Waals surface area contributed by atoms with Gasteiger partial charge in [0.15, 0.2) is 11.5 Å². The molecule has 1 fully saturated rings. The van der Waals surface area contributed by atoms with E-state index < -0.39 is 0 Å². The van der Waals surface area contributed by atoms with Crippen molar-refractivity contribution in [2.45, 2.75) is 12.8 Å². The van der Waals surface area contributed by atoms with Crippen LogP contribution in [0, 0.1) is 11.3 Å². The van der Waals surface area contributed by atoms with Gasteiger partial charge in [0.05, 0.1) is 18.9 Å². The van der Waals surface area contributed by atoms with Crippen LogP contribution in [0.3, 0.4) is 0 Å². The minimum absolute atomic E-state index is 0.125. The summed E-state index contributed by atoms with van der Waals surface area (Å²) in [6, 6.07) is 1.87. The summed E-state index contributed by atoms with van der Waals surface area (Å²) in [5.74, 6) is -0.234. The van der Waals surface area contributed by atoms with Crippen molar-refractivity contribution >= 4 is 11.6 Å². The fourth-order valence-corrected chi connectivity index (χ4v) is 2.49. The molecule has 2 rings (SSSR count). The molecule has 8 nitrogen and oxygen atoms in total. The van der Waals surface area contributed by atoms with E-state index in [4.69, 9.17) is 10.00 Å². The zero-order valence-corrected chi connectivity index (χ0v) is 14.5. The van der Waals surface area contributed by atoms with Crippen molar-refractivity contribution in [2.24, 2.45) is 4.99 Å². The zero-order valence-electron chi connectivity index (χ0n) is 14.5. The van der Waals surface area contributed by atoms with Crippen molar-refractivity contribution in [3.63, 3.8) is 0 Å². The largest absolute Gasteiger partial charge is 0.374 e. The van der Waals surface area contributed by atoms with E-state index in [2.05, 4.69) is 25.2 Å². The Morgan fingerprint density at radius 2 is 2.36 bits per heavy atom. The SMILES string of the molecule is C/N=C(\C=C/CNC(=O)c1nc(C#N)c[nH]1)COCCN1CCCC1. The molecule has 2 heterocycles. The van der Waals surface area contributed by atoms with Crippen LogP contribution in [-0.2, 0) is 4.74 Å². The second-order valence-electron chi connectivity index (χ2n) is 5.67. The van der Waals surface area contributed by atoms with Crippen molar-refractivity contribution in [1.82, 2.24) is 20.2 Å². The lowest BCUT2D eigenvalue weighted by Crippen LogP contribution is -2.25. The van der Waals surface area contributed by atoms with Crippen LogP contribution in [-0.4, -0.2) is 72.9 Å². The summed E-state index contributed by atoms with van der Waals surface area (Å²) in [6.45, 7) is 4.80. The number of nitriles is 1. The van der Waals surface area contributed by atoms with E-state index in [0.717, 1.165) is 12.3 Å². The Morgan fingerprint density at radius 1 is 1.56 bits per heavy atom. The van der Waals surface area contributed by atoms with Gasteiger partial charge in [0.1, 0.15) is 6.07 Å². The number of hydrogen-bond donors (Lipinski definition) is 2. The van der Waals surface area contributed by atoms with Crippen LogP contribution in [0.15, 0.2) is 23.3 Å². The summed E-state index contributed by atoms with van der Waals surface area (Å²) in [7, 11) is 1.72. The lowest BCUT2D eigenvalue weighted by Gasteiger charge is -2.14. The molecule has 1 aliphatic rings. The van der Waals surface area contributed by atoms with E-state index in [1.807, 2.05) is 12.1 Å². The van der Waals surface area contributed by atoms with Crippen molar-refractivity contribution < 1.29 is 9.53 Å². The van der Waals surface area contributed by atoms with Gasteiger partial charge in [0.25, 0.3) is 5.91 Å². The number of aromatic nitrogens is 2. The van der Waals surface area contributed by atoms with Crippen molar-refractivity contribution in [2.75, 3.05) is 46.4 Å². The number of carbonyl (C=O) groups excluding carboxylic acids is 1. The highest BCUT2D eigenvalue weighted by atomic mass is 16.5. The third kappa shape index (κ3) is 6.49. The Morgan fingerprint density at radius 3 is 3.04 bits per heavy atom. The maximum absolute atomic E-state index is 11.8. The summed E-state index contributed by atoms with van der Waals surface area (Å²) < 4.78 is 5.65. The molecule has 1 aliphatic heterocycles. The van der Waals surface area contributed by atoms with Crippen LogP contribution in [0.4, 0.5) is 0 Å². The third-order valence-electron chi connectivity index (χ3n) is 3.89. The minimum Gasteiger partial charge on any atom is -0.374 e. The van der Waals surface area contributed by atoms with Crippen LogP contribution in [0.1, 0.15) is 29.2 Å². The van der Waals surface area contributed by atoms with E-state index in [0.29, 0.717) is 19.8 Å². The minimum atomic E-state index is -0.358. The van der Waals surface area contributed by atoms with Gasteiger partial charge in [-0.2, -0.15) is 5.26 Å². The second kappa shape index (κ2) is 10.4. The average Bonchev–Trinajstić information content (AvgIpc) is 3.31. The molecular formula is C17H24N6O2. The number of imidazole rings is 1. The summed E-state index contributed by atoms with van der Waals surface area (Å²) in [6.07, 6.45) is 7.60. The zero-order chi connectivity index (χ0) is 17.9. The lowest BCUT2D eigenvalue weighted by molar-refractivity contribution is 0.0948. The Hall–Kier alpha value is -2.50. The Labute approximate surface area is 147 Å². The van der Waals surface area contributed by atoms with Gasteiger partial charge >= 0.3 is 0 Å². The summed E-state index contributed by atoms with van der Waals surface area (Å²) >= 11 is 0. The van der Waals surface area contributed by atoms with E-state index in [9.17, 15) is 4.79 Å². The molecule has 0 bridgehead atoms. The summed E-state index contributed by atoms with van der Waals surface area (Å²) in [4.78, 5) is 24.9. The molecule has 1 saturated heterocycles. The van der Waals surface area contributed by atoms with Gasteiger partial charge < -0.3 is 19.9 Å². The van der Waals surface area contributed by atoms with Crippen LogP contribution >= 0.6 is 0 Å². The average molecular weight is 344 g/mol. The van der Waals surface area contributed by atoms with Gasteiger partial charge in [0, 0.05) is 26.3 Å². The number of aliphatic imine (C=N–C) groups is 1. The molecule has 1 aromatic heterocycles. The van der Waals surface area contributed by atoms with Crippen LogP contribution < -0.4 is 5.32 Å². The maximum atomic E-state index is 11.8. The molecule has 1 aromatic rings. The number of H-pyrrole nitrogens is 1. The number of aromatic amines is 1. The molecule has 0 unspecified atom stereocenters. The normalized spacial score (nSPS) is 15.6. The molecule has 1 amide bonds. The second-order valence-corrected chi connectivity index (χ2v) is 5.67. The van der Waals surface area contributed by atoms with E-state index in [1.165, 1.54) is 32.1 Å². The molecule has 0 saturated carbocycles. The first-order chi connectivity index (χ1) is 12.2. The van der Waals surface area contributed by atoms with Gasteiger partial charge in [-0.05, 0) is 32.0 Å². The predicted octanol–water partition coefficient (Wildman–Crippen LogP) is 0.751. The first-order valence-corrected chi connectivity index (χ1v) is 8.39. The van der Waals surface area contributed by atoms with Crippen molar-refractivity contribution in [1.29, 1.82) is 5.26 Å². The standard InChI is InChI=1S/C17H24N6O2/c1-19-14(13-25-10-9-23-7-2-3-8-23)5-4-6-20-17(24)16-21-12-15(11-18)22-16/h4-5,12H,2-3,6-10,13H2,1H3,(H,20,24)(H,21,22)/b5-4-,19-14+. The lowest BCUT2D eigenvalue weighted by atomic mass is 10.3. The number of carbonyl (C=O) groups is 1. The smallest absolute Gasteiger partial charge is 0.287 e. The van der Waals surface area contributed by atoms with Crippen LogP contribution in [0.5, 0.6) is 0 Å². The molecular weight excluding hydrogens is 320 g/mol. The third-order valence-corrected chi connectivity index (χ3v) is 3.89. The summed E-state index contributed by atoms with van der Waals surface area (Å²) in [5, 5.41) is 11.4. The topological polar surface area (TPSA) is 106 Å². The van der Waals surface area contributed by atoms with Gasteiger partial charge in [-0.3, -0.25) is 9.79 Å². The maximum Gasteiger partial charge on any atom is 0.287 e. The van der Waals surface area contributed by atoms with Crippen molar-refractivity contribution in [3.05, 3.63) is 29.9 Å². The fraction of sp³-hybridized carbons (Fsp3) is 0.529. The number of likely N-dealkylation sites (tertiary alicyclic amines) is 1. The highest BCUT2D eigenvalue weighted by Crippen LogP contribution is 2.05. The molecule has 134 valence electrons. The van der Waals surface area contributed by atoms with Crippen molar-refractivity contribution in [3.8, 4) is 6.07 Å². The molecule has 2 N–H and O–H groups in total. The molecule has 0 aromatic carbocycles. The molecule has 0 radical (unpaired) electrons. The monoisotopic (exact) mass is 344 g/mol. The van der Waals surface area contributed by atoms with E-state index in [1.54, 1.807) is 13.1 Å². The highest BCUT2D eigenvalue weighted by Gasteiger charge is 2.10. The molecule has 8 heteroatoms. The molecule has 0 aliphatic carbocycles. The fourth-order valence-electron chi connectivity index (χ4n) is 2.49. The Kier molecular flexibility index (Phi) is 7.82. The Bertz CT molecular complexity index is 652.